The molecule has 0 aliphatic heterocycles. The minimum atomic E-state index is -3.75. The molecule has 0 fully saturated rings. The minimum Gasteiger partial charge on any atom is -0.381 e. The van der Waals surface area contributed by atoms with Gasteiger partial charge in [-0.15, -0.1) is 0 Å². The Hall–Kier alpha value is -2.86. The van der Waals surface area contributed by atoms with Crippen LogP contribution in [-0.2, 0) is 14.8 Å². The van der Waals surface area contributed by atoms with E-state index in [0.29, 0.717) is 5.56 Å². The summed E-state index contributed by atoms with van der Waals surface area (Å²) in [4.78, 5) is 11.2. The number of carbonyl (C=O) groups excluding carboxylic acids is 1. The highest BCUT2D eigenvalue weighted by atomic mass is 32.2. The highest BCUT2D eigenvalue weighted by Crippen LogP contribution is 2.19. The van der Waals surface area contributed by atoms with Crippen LogP contribution in [0.1, 0.15) is 16.7 Å². The number of hydrogen-bond donors (Lipinski definition) is 3. The van der Waals surface area contributed by atoms with Crippen LogP contribution in [0.2, 0.25) is 0 Å². The predicted octanol–water partition coefficient (Wildman–Crippen LogP) is 1.03. The zero-order chi connectivity index (χ0) is 20.0. The second-order valence-corrected chi connectivity index (χ2v) is 7.86. The first kappa shape index (κ1) is 20.5. The summed E-state index contributed by atoms with van der Waals surface area (Å²) < 4.78 is 24.9. The van der Waals surface area contributed by atoms with Crippen LogP contribution in [0.5, 0.6) is 0 Å². The van der Waals surface area contributed by atoms with Crippen LogP contribution in [0.4, 0.5) is 5.69 Å². The number of aliphatic hydroxyl groups excluding tert-OH is 1. The number of sulfonamides is 1. The van der Waals surface area contributed by atoms with Crippen molar-refractivity contribution in [3.63, 3.8) is 0 Å². The van der Waals surface area contributed by atoms with Gasteiger partial charge < -0.3 is 5.11 Å². The fourth-order valence-electron chi connectivity index (χ4n) is 2.24. The van der Waals surface area contributed by atoms with Gasteiger partial charge in [0.25, 0.3) is 5.91 Å². The van der Waals surface area contributed by atoms with Crippen LogP contribution in [0.15, 0.2) is 48.5 Å². The van der Waals surface area contributed by atoms with Gasteiger partial charge in [-0.2, -0.15) is 0 Å². The number of nitrogens with zero attached hydrogens (tertiary/aromatic N) is 1. The monoisotopic (exact) mass is 388 g/mol. The molecule has 142 valence electrons. The first-order valence-electron chi connectivity index (χ1n) is 7.99. The normalized spacial score (nSPS) is 11.9. The average molecular weight is 388 g/mol. The van der Waals surface area contributed by atoms with Crippen molar-refractivity contribution in [2.75, 3.05) is 17.1 Å². The Morgan fingerprint density at radius 2 is 1.56 bits per heavy atom. The van der Waals surface area contributed by atoms with Crippen molar-refractivity contribution < 1.29 is 23.5 Å². The van der Waals surface area contributed by atoms with Gasteiger partial charge in [0.2, 0.25) is 10.0 Å². The number of nitrogens with one attached hydrogen (secondary N) is 1. The number of benzene rings is 2. The first-order valence-corrected chi connectivity index (χ1v) is 9.84. The maximum atomic E-state index is 12.0. The standard InChI is InChI=1S/C19H20N2O5S/c1-14-3-5-15(6-4-14)7-8-16-9-11-17(12-10-16)21(27(2,25)26)13-18(22)19(23)20-24/h3-6,9-12,18,22,24H,13H2,1-2H3,(H,20,23)/t18-/m0/s1. The van der Waals surface area contributed by atoms with Crippen LogP contribution in [0.3, 0.4) is 0 Å². The molecule has 0 bridgehead atoms. The highest BCUT2D eigenvalue weighted by molar-refractivity contribution is 7.92. The van der Waals surface area contributed by atoms with Crippen molar-refractivity contribution in [3.8, 4) is 11.8 Å². The van der Waals surface area contributed by atoms with E-state index in [2.05, 4.69) is 11.8 Å². The molecular formula is C19H20N2O5S. The average Bonchev–Trinajstić information content (AvgIpc) is 2.64. The Morgan fingerprint density at radius 1 is 1.07 bits per heavy atom. The zero-order valence-corrected chi connectivity index (χ0v) is 15.7. The van der Waals surface area contributed by atoms with Crippen LogP contribution >= 0.6 is 0 Å². The molecule has 0 radical (unpaired) electrons. The third-order valence-electron chi connectivity index (χ3n) is 3.71. The number of aliphatic hydroxyl groups is 1. The lowest BCUT2D eigenvalue weighted by molar-refractivity contribution is -0.137. The largest absolute Gasteiger partial charge is 0.381 e. The Kier molecular flexibility index (Phi) is 6.58. The van der Waals surface area contributed by atoms with Gasteiger partial charge in [-0.25, -0.2) is 13.9 Å². The maximum Gasteiger partial charge on any atom is 0.274 e. The molecule has 0 saturated carbocycles. The molecule has 0 saturated heterocycles. The third kappa shape index (κ3) is 5.82. The Labute approximate surface area is 158 Å². The van der Waals surface area contributed by atoms with Gasteiger partial charge >= 0.3 is 0 Å². The second-order valence-electron chi connectivity index (χ2n) is 5.95. The SMILES string of the molecule is Cc1ccc(C#Cc2ccc(N(C[C@H](O)C(=O)NO)S(C)(=O)=O)cc2)cc1. The predicted molar refractivity (Wildman–Crippen MR) is 102 cm³/mol. The number of rotatable bonds is 5. The van der Waals surface area contributed by atoms with E-state index >= 15 is 0 Å². The van der Waals surface area contributed by atoms with E-state index in [4.69, 9.17) is 5.21 Å². The summed E-state index contributed by atoms with van der Waals surface area (Å²) in [6.07, 6.45) is -0.757. The van der Waals surface area contributed by atoms with Crippen molar-refractivity contribution >= 4 is 21.6 Å². The molecule has 0 spiro atoms. The quantitative estimate of drug-likeness (QED) is 0.403. The van der Waals surface area contributed by atoms with Gasteiger partial charge in [-0.3, -0.25) is 14.3 Å². The van der Waals surface area contributed by atoms with E-state index in [9.17, 15) is 18.3 Å². The van der Waals surface area contributed by atoms with E-state index in [1.807, 2.05) is 31.2 Å². The van der Waals surface area contributed by atoms with Crippen LogP contribution in [-0.4, -0.2) is 43.5 Å². The Bertz CT molecular complexity index is 958. The molecule has 0 heterocycles. The fourth-order valence-corrected chi connectivity index (χ4v) is 3.16. The van der Waals surface area contributed by atoms with Crippen LogP contribution < -0.4 is 9.79 Å². The molecule has 0 aromatic heterocycles. The second kappa shape index (κ2) is 8.68. The molecule has 1 amide bonds. The summed E-state index contributed by atoms with van der Waals surface area (Å²) in [5, 5.41) is 18.2. The molecule has 2 aromatic carbocycles. The molecule has 2 aromatic rings. The van der Waals surface area contributed by atoms with E-state index in [0.717, 1.165) is 21.7 Å². The molecule has 0 unspecified atom stereocenters. The summed E-state index contributed by atoms with van der Waals surface area (Å²) in [5.74, 6) is 4.91. The van der Waals surface area contributed by atoms with Gasteiger partial charge in [0.05, 0.1) is 18.5 Å². The smallest absolute Gasteiger partial charge is 0.274 e. The van der Waals surface area contributed by atoms with Crippen molar-refractivity contribution in [2.24, 2.45) is 0 Å². The highest BCUT2D eigenvalue weighted by Gasteiger charge is 2.24. The number of hydrogen-bond acceptors (Lipinski definition) is 5. The molecule has 0 aliphatic carbocycles. The fraction of sp³-hybridized carbons (Fsp3) is 0.211. The van der Waals surface area contributed by atoms with Gasteiger partial charge in [-0.1, -0.05) is 29.5 Å². The van der Waals surface area contributed by atoms with E-state index in [-0.39, 0.29) is 5.69 Å². The van der Waals surface area contributed by atoms with Gasteiger partial charge in [-0.05, 0) is 43.3 Å². The van der Waals surface area contributed by atoms with Gasteiger partial charge in [0, 0.05) is 11.1 Å². The number of hydroxylamine groups is 1. The lowest BCUT2D eigenvalue weighted by Crippen LogP contribution is -2.44. The molecule has 0 aliphatic rings. The van der Waals surface area contributed by atoms with Crippen molar-refractivity contribution in [3.05, 3.63) is 65.2 Å². The summed E-state index contributed by atoms with van der Waals surface area (Å²) in [5.41, 5.74) is 4.24. The molecule has 27 heavy (non-hydrogen) atoms. The summed E-state index contributed by atoms with van der Waals surface area (Å²) >= 11 is 0. The Balaban J connectivity index is 2.22. The van der Waals surface area contributed by atoms with Gasteiger partial charge in [0.15, 0.2) is 6.10 Å². The maximum absolute atomic E-state index is 12.0. The number of amides is 1. The van der Waals surface area contributed by atoms with Crippen LogP contribution in [0.25, 0.3) is 0 Å². The number of aryl methyl sites for hydroxylation is 1. The summed E-state index contributed by atoms with van der Waals surface area (Å²) in [6, 6.07) is 14.1. The molecule has 8 heteroatoms. The van der Waals surface area contributed by atoms with Crippen molar-refractivity contribution in [1.82, 2.24) is 5.48 Å². The number of carbonyl (C=O) groups is 1. The lowest BCUT2D eigenvalue weighted by Gasteiger charge is -2.24. The molecule has 1 atom stereocenters. The van der Waals surface area contributed by atoms with E-state index in [1.165, 1.54) is 17.6 Å². The topological polar surface area (TPSA) is 107 Å². The number of anilines is 1. The minimum absolute atomic E-state index is 0.267. The van der Waals surface area contributed by atoms with Crippen molar-refractivity contribution in [1.29, 1.82) is 0 Å². The molecule has 2 rings (SSSR count). The first-order chi connectivity index (χ1) is 12.7. The van der Waals surface area contributed by atoms with E-state index in [1.54, 1.807) is 12.1 Å². The lowest BCUT2D eigenvalue weighted by atomic mass is 10.1. The van der Waals surface area contributed by atoms with Crippen molar-refractivity contribution in [2.45, 2.75) is 13.0 Å². The van der Waals surface area contributed by atoms with Gasteiger partial charge in [0.1, 0.15) is 0 Å². The Morgan fingerprint density at radius 3 is 2.00 bits per heavy atom. The molecule has 3 N–H and O–H groups in total. The summed E-state index contributed by atoms with van der Waals surface area (Å²) in [6.45, 7) is 1.46. The van der Waals surface area contributed by atoms with E-state index < -0.39 is 28.6 Å². The summed E-state index contributed by atoms with van der Waals surface area (Å²) in [7, 11) is -3.75. The third-order valence-corrected chi connectivity index (χ3v) is 4.87. The molecular weight excluding hydrogens is 368 g/mol. The van der Waals surface area contributed by atoms with Crippen LogP contribution in [0, 0.1) is 18.8 Å². The zero-order valence-electron chi connectivity index (χ0n) is 14.9. The molecule has 7 nitrogen and oxygen atoms in total.